The summed E-state index contributed by atoms with van der Waals surface area (Å²) in [5.74, 6) is 0. The van der Waals surface area contributed by atoms with Crippen molar-refractivity contribution in [1.29, 1.82) is 0 Å². The van der Waals surface area contributed by atoms with Gasteiger partial charge in [-0.3, -0.25) is 0 Å². The number of rotatable bonds is 2. The average molecular weight is 178 g/mol. The van der Waals surface area contributed by atoms with Crippen LogP contribution in [0.5, 0.6) is 0 Å². The zero-order chi connectivity index (χ0) is 9.10. The lowest BCUT2D eigenvalue weighted by molar-refractivity contribution is 0.121. The Morgan fingerprint density at radius 1 is 1.46 bits per heavy atom. The standard InChI is InChI=1S/C9H10N2O2/c12-9(11-7-10-11)13-6-8-4-2-1-3-5-8/h1-5,10H,6-7H2. The minimum atomic E-state index is -0.316. The summed E-state index contributed by atoms with van der Waals surface area (Å²) in [6.07, 6.45) is -0.316. The van der Waals surface area contributed by atoms with Gasteiger partial charge in [-0.05, 0) is 5.56 Å². The number of hydrogen-bond donors (Lipinski definition) is 1. The Balaban J connectivity index is 1.82. The fourth-order valence-corrected chi connectivity index (χ4v) is 0.962. The first-order valence-corrected chi connectivity index (χ1v) is 4.08. The first-order chi connectivity index (χ1) is 6.36. The van der Waals surface area contributed by atoms with Gasteiger partial charge in [-0.25, -0.2) is 15.2 Å². The van der Waals surface area contributed by atoms with Crippen molar-refractivity contribution < 1.29 is 9.53 Å². The molecular formula is C9H10N2O2. The number of carbonyl (C=O) groups excluding carboxylic acids is 1. The van der Waals surface area contributed by atoms with E-state index in [4.69, 9.17) is 4.74 Å². The minimum Gasteiger partial charge on any atom is -0.444 e. The van der Waals surface area contributed by atoms with Gasteiger partial charge in [0.15, 0.2) is 0 Å². The van der Waals surface area contributed by atoms with Gasteiger partial charge in [-0.1, -0.05) is 30.3 Å². The van der Waals surface area contributed by atoms with Gasteiger partial charge in [0.2, 0.25) is 0 Å². The molecule has 1 aromatic carbocycles. The van der Waals surface area contributed by atoms with Crippen LogP contribution in [0.15, 0.2) is 30.3 Å². The Labute approximate surface area is 76.1 Å². The SMILES string of the molecule is O=C(OCc1ccccc1)N1CN1. The van der Waals surface area contributed by atoms with Crippen LogP contribution < -0.4 is 5.43 Å². The van der Waals surface area contributed by atoms with Crippen LogP contribution in [0.25, 0.3) is 0 Å². The fraction of sp³-hybridized carbons (Fsp3) is 0.222. The lowest BCUT2D eigenvalue weighted by Gasteiger charge is -2.03. The van der Waals surface area contributed by atoms with E-state index in [-0.39, 0.29) is 6.09 Å². The third kappa shape index (κ3) is 2.19. The topological polar surface area (TPSA) is 51.2 Å². The van der Waals surface area contributed by atoms with E-state index >= 15 is 0 Å². The normalized spacial score (nSPS) is 14.0. The van der Waals surface area contributed by atoms with Crippen LogP contribution in [0.2, 0.25) is 0 Å². The highest BCUT2D eigenvalue weighted by atomic mass is 16.6. The molecular weight excluding hydrogens is 168 g/mol. The molecule has 1 fully saturated rings. The van der Waals surface area contributed by atoms with Crippen LogP contribution in [0.3, 0.4) is 0 Å². The van der Waals surface area contributed by atoms with Crippen LogP contribution in [-0.2, 0) is 11.3 Å². The second-order valence-electron chi connectivity index (χ2n) is 2.78. The van der Waals surface area contributed by atoms with Crippen molar-refractivity contribution in [2.75, 3.05) is 6.67 Å². The van der Waals surface area contributed by atoms with E-state index in [1.165, 1.54) is 5.01 Å². The number of nitrogens with one attached hydrogen (secondary N) is 1. The van der Waals surface area contributed by atoms with Crippen molar-refractivity contribution in [2.45, 2.75) is 6.61 Å². The van der Waals surface area contributed by atoms with Gasteiger partial charge >= 0.3 is 6.09 Å². The van der Waals surface area contributed by atoms with E-state index in [2.05, 4.69) is 5.43 Å². The third-order valence-corrected chi connectivity index (χ3v) is 1.74. The predicted molar refractivity (Wildman–Crippen MR) is 46.5 cm³/mol. The number of hydrogen-bond acceptors (Lipinski definition) is 3. The summed E-state index contributed by atoms with van der Waals surface area (Å²) >= 11 is 0. The molecule has 13 heavy (non-hydrogen) atoms. The number of benzene rings is 1. The van der Waals surface area contributed by atoms with Crippen LogP contribution in [0, 0.1) is 0 Å². The number of carbonyl (C=O) groups is 1. The Bertz CT molecular complexity index is 296. The molecule has 1 heterocycles. The Kier molecular flexibility index (Phi) is 2.14. The van der Waals surface area contributed by atoms with E-state index in [0.717, 1.165) is 5.56 Å². The van der Waals surface area contributed by atoms with Gasteiger partial charge in [0.1, 0.15) is 13.3 Å². The molecule has 4 heteroatoms. The molecule has 2 rings (SSSR count). The first kappa shape index (κ1) is 8.07. The predicted octanol–water partition coefficient (Wildman–Crippen LogP) is 1.10. The number of hydrazine groups is 1. The minimum absolute atomic E-state index is 0.316. The first-order valence-electron chi connectivity index (χ1n) is 4.08. The van der Waals surface area contributed by atoms with Crippen LogP contribution in [0.1, 0.15) is 5.56 Å². The molecule has 1 aliphatic rings. The second-order valence-corrected chi connectivity index (χ2v) is 2.78. The highest BCUT2D eigenvalue weighted by molar-refractivity contribution is 5.68. The van der Waals surface area contributed by atoms with Gasteiger partial charge in [0, 0.05) is 0 Å². The quantitative estimate of drug-likeness (QED) is 0.690. The molecule has 1 N–H and O–H groups in total. The second kappa shape index (κ2) is 3.45. The molecule has 0 radical (unpaired) electrons. The van der Waals surface area contributed by atoms with Crippen molar-refractivity contribution in [2.24, 2.45) is 0 Å². The van der Waals surface area contributed by atoms with Crippen molar-refractivity contribution in [3.8, 4) is 0 Å². The molecule has 0 aromatic heterocycles. The number of nitrogens with zero attached hydrogens (tertiary/aromatic N) is 1. The van der Waals surface area contributed by atoms with Gasteiger partial charge in [0.25, 0.3) is 0 Å². The van der Waals surface area contributed by atoms with Crippen LogP contribution >= 0.6 is 0 Å². The van der Waals surface area contributed by atoms with E-state index in [1.807, 2.05) is 30.3 Å². The van der Waals surface area contributed by atoms with E-state index in [0.29, 0.717) is 13.3 Å². The molecule has 0 aliphatic carbocycles. The molecule has 4 nitrogen and oxygen atoms in total. The van der Waals surface area contributed by atoms with Gasteiger partial charge < -0.3 is 4.74 Å². The lowest BCUT2D eigenvalue weighted by atomic mass is 10.2. The summed E-state index contributed by atoms with van der Waals surface area (Å²) in [7, 11) is 0. The Morgan fingerprint density at radius 2 is 2.15 bits per heavy atom. The summed E-state index contributed by atoms with van der Waals surface area (Å²) < 4.78 is 4.98. The average Bonchev–Trinajstić information content (AvgIpc) is 2.99. The molecule has 1 aromatic rings. The number of amides is 1. The van der Waals surface area contributed by atoms with Crippen LogP contribution in [-0.4, -0.2) is 17.8 Å². The summed E-state index contributed by atoms with van der Waals surface area (Å²) in [4.78, 5) is 11.0. The third-order valence-electron chi connectivity index (χ3n) is 1.74. The summed E-state index contributed by atoms with van der Waals surface area (Å²) in [6.45, 7) is 0.922. The van der Waals surface area contributed by atoms with Gasteiger partial charge in [-0.15, -0.1) is 0 Å². The van der Waals surface area contributed by atoms with Crippen LogP contribution in [0.4, 0.5) is 4.79 Å². The maximum absolute atomic E-state index is 11.0. The van der Waals surface area contributed by atoms with E-state index in [1.54, 1.807) is 0 Å². The summed E-state index contributed by atoms with van der Waals surface area (Å²) in [5, 5.41) is 1.41. The lowest BCUT2D eigenvalue weighted by Crippen LogP contribution is -2.14. The highest BCUT2D eigenvalue weighted by Gasteiger charge is 2.24. The maximum atomic E-state index is 11.0. The zero-order valence-electron chi connectivity index (χ0n) is 7.06. The fourth-order valence-electron chi connectivity index (χ4n) is 0.962. The molecule has 0 bridgehead atoms. The number of ether oxygens (including phenoxy) is 1. The monoisotopic (exact) mass is 178 g/mol. The molecule has 1 saturated heterocycles. The molecule has 0 atom stereocenters. The van der Waals surface area contributed by atoms with Crippen molar-refractivity contribution in [1.82, 2.24) is 10.4 Å². The Morgan fingerprint density at radius 3 is 2.77 bits per heavy atom. The zero-order valence-corrected chi connectivity index (χ0v) is 7.06. The van der Waals surface area contributed by atoms with Gasteiger partial charge in [-0.2, -0.15) is 0 Å². The summed E-state index contributed by atoms with van der Waals surface area (Å²) in [6, 6.07) is 9.60. The smallest absolute Gasteiger partial charge is 0.425 e. The Hall–Kier alpha value is -1.55. The van der Waals surface area contributed by atoms with Crippen molar-refractivity contribution in [3.63, 3.8) is 0 Å². The molecule has 1 amide bonds. The molecule has 0 unspecified atom stereocenters. The summed E-state index contributed by atoms with van der Waals surface area (Å²) in [5.41, 5.74) is 3.73. The van der Waals surface area contributed by atoms with Crippen molar-refractivity contribution >= 4 is 6.09 Å². The molecule has 1 aliphatic heterocycles. The highest BCUT2D eigenvalue weighted by Crippen LogP contribution is 2.04. The van der Waals surface area contributed by atoms with E-state index in [9.17, 15) is 4.79 Å². The molecule has 68 valence electrons. The largest absolute Gasteiger partial charge is 0.444 e. The molecule has 0 saturated carbocycles. The van der Waals surface area contributed by atoms with Crippen molar-refractivity contribution in [3.05, 3.63) is 35.9 Å². The molecule has 0 spiro atoms. The van der Waals surface area contributed by atoms with Gasteiger partial charge in [0.05, 0.1) is 0 Å². The maximum Gasteiger partial charge on any atom is 0.425 e. The van der Waals surface area contributed by atoms with E-state index < -0.39 is 0 Å².